The molecule has 0 unspecified atom stereocenters. The minimum atomic E-state index is 1.14. The summed E-state index contributed by atoms with van der Waals surface area (Å²) in [7, 11) is 0. The Morgan fingerprint density at radius 2 is 2.18 bits per heavy atom. The highest BCUT2D eigenvalue weighted by Crippen LogP contribution is 2.14. The van der Waals surface area contributed by atoms with Crippen LogP contribution in [0, 0.1) is 0 Å². The number of hydrogen-bond acceptors (Lipinski definition) is 1. The van der Waals surface area contributed by atoms with E-state index in [1.807, 2.05) is 0 Å². The van der Waals surface area contributed by atoms with E-state index in [0.29, 0.717) is 0 Å². The topological polar surface area (TPSA) is 12.0 Å². The van der Waals surface area contributed by atoms with Gasteiger partial charge in [0, 0.05) is 12.2 Å². The molecule has 0 aliphatic carbocycles. The molecule has 11 heavy (non-hydrogen) atoms. The van der Waals surface area contributed by atoms with Crippen LogP contribution in [0.1, 0.15) is 33.1 Å². The first-order valence-electron chi connectivity index (χ1n) is 4.41. The Hall–Kier alpha value is -0.720. The van der Waals surface area contributed by atoms with Gasteiger partial charge in [-0.1, -0.05) is 11.6 Å². The van der Waals surface area contributed by atoms with E-state index in [2.05, 4.69) is 31.3 Å². The number of rotatable bonds is 1. The van der Waals surface area contributed by atoms with Crippen molar-refractivity contribution in [2.24, 2.45) is 0 Å². The maximum Gasteiger partial charge on any atom is 0.0325 e. The van der Waals surface area contributed by atoms with Crippen LogP contribution in [0.15, 0.2) is 23.4 Å². The van der Waals surface area contributed by atoms with Crippen molar-refractivity contribution in [2.45, 2.75) is 33.1 Å². The molecule has 1 heterocycles. The van der Waals surface area contributed by atoms with Gasteiger partial charge in [-0.15, -0.1) is 0 Å². The normalized spacial score (nSPS) is 20.2. The quantitative estimate of drug-likeness (QED) is 0.607. The maximum absolute atomic E-state index is 3.43. The van der Waals surface area contributed by atoms with Gasteiger partial charge in [0.15, 0.2) is 0 Å². The van der Waals surface area contributed by atoms with Crippen LogP contribution in [0.4, 0.5) is 0 Å². The van der Waals surface area contributed by atoms with E-state index in [9.17, 15) is 0 Å². The second kappa shape index (κ2) is 4.22. The molecule has 1 aliphatic heterocycles. The van der Waals surface area contributed by atoms with Gasteiger partial charge in [0.05, 0.1) is 0 Å². The van der Waals surface area contributed by atoms with Gasteiger partial charge in [-0.2, -0.15) is 0 Å². The average molecular weight is 151 g/mol. The molecule has 0 atom stereocenters. The summed E-state index contributed by atoms with van der Waals surface area (Å²) in [6, 6.07) is 0. The predicted molar refractivity (Wildman–Crippen MR) is 49.4 cm³/mol. The number of hydrogen-bond donors (Lipinski definition) is 1. The molecule has 0 saturated heterocycles. The number of allylic oxidation sites excluding steroid dienone is 3. The van der Waals surface area contributed by atoms with Gasteiger partial charge < -0.3 is 5.32 Å². The Morgan fingerprint density at radius 1 is 1.36 bits per heavy atom. The minimum absolute atomic E-state index is 1.14. The monoisotopic (exact) mass is 151 g/mol. The molecule has 1 rings (SSSR count). The molecular weight excluding hydrogens is 134 g/mol. The summed E-state index contributed by atoms with van der Waals surface area (Å²) >= 11 is 0. The van der Waals surface area contributed by atoms with Crippen molar-refractivity contribution in [2.75, 3.05) is 6.54 Å². The van der Waals surface area contributed by atoms with Crippen LogP contribution in [0.2, 0.25) is 0 Å². The summed E-state index contributed by atoms with van der Waals surface area (Å²) in [4.78, 5) is 0. The molecule has 0 saturated carbocycles. The highest BCUT2D eigenvalue weighted by atomic mass is 14.9. The zero-order valence-corrected chi connectivity index (χ0v) is 7.48. The first-order valence-corrected chi connectivity index (χ1v) is 4.41. The summed E-state index contributed by atoms with van der Waals surface area (Å²) in [6.45, 7) is 5.41. The van der Waals surface area contributed by atoms with Gasteiger partial charge >= 0.3 is 0 Å². The van der Waals surface area contributed by atoms with Crippen molar-refractivity contribution in [3.8, 4) is 0 Å². The minimum Gasteiger partial charge on any atom is -0.385 e. The lowest BCUT2D eigenvalue weighted by Crippen LogP contribution is -2.12. The molecule has 0 aromatic rings. The van der Waals surface area contributed by atoms with Crippen LogP contribution in [0.25, 0.3) is 0 Å². The van der Waals surface area contributed by atoms with Crippen LogP contribution >= 0.6 is 0 Å². The van der Waals surface area contributed by atoms with Crippen LogP contribution < -0.4 is 5.32 Å². The molecular formula is C10H17N. The molecule has 0 bridgehead atoms. The Kier molecular flexibility index (Phi) is 3.21. The second-order valence-electron chi connectivity index (χ2n) is 3.08. The van der Waals surface area contributed by atoms with E-state index in [0.717, 1.165) is 6.54 Å². The fourth-order valence-corrected chi connectivity index (χ4v) is 1.39. The fourth-order valence-electron chi connectivity index (χ4n) is 1.39. The third-order valence-electron chi connectivity index (χ3n) is 2.09. The van der Waals surface area contributed by atoms with Crippen LogP contribution in [-0.2, 0) is 0 Å². The Labute approximate surface area is 69.2 Å². The van der Waals surface area contributed by atoms with Crippen molar-refractivity contribution in [1.29, 1.82) is 0 Å². The number of nitrogens with one attached hydrogen (secondary N) is 1. The van der Waals surface area contributed by atoms with Gasteiger partial charge in [-0.25, -0.2) is 0 Å². The van der Waals surface area contributed by atoms with Gasteiger partial charge in [0.2, 0.25) is 0 Å². The molecule has 1 aliphatic rings. The van der Waals surface area contributed by atoms with E-state index in [1.54, 1.807) is 0 Å². The van der Waals surface area contributed by atoms with Crippen LogP contribution in [0.5, 0.6) is 0 Å². The molecule has 62 valence electrons. The second-order valence-corrected chi connectivity index (χ2v) is 3.08. The van der Waals surface area contributed by atoms with Crippen molar-refractivity contribution in [3.63, 3.8) is 0 Å². The Bertz CT molecular complexity index is 177. The molecule has 0 spiro atoms. The molecule has 1 N–H and O–H groups in total. The maximum atomic E-state index is 3.43. The van der Waals surface area contributed by atoms with Gasteiger partial charge in [-0.05, 0) is 39.2 Å². The molecule has 1 heteroatoms. The third-order valence-corrected chi connectivity index (χ3v) is 2.09. The van der Waals surface area contributed by atoms with Gasteiger partial charge in [0.25, 0.3) is 0 Å². The first-order chi connectivity index (χ1) is 5.34. The molecule has 0 aromatic carbocycles. The standard InChI is InChI=1S/C10H17N/c1-3-6-10-9(2)7-4-5-8-11-10/h3,6,11H,4-5,7-8H2,1-2H3/b6-3-. The average Bonchev–Trinajstić information content (AvgIpc) is 2.18. The van der Waals surface area contributed by atoms with E-state index in [-0.39, 0.29) is 0 Å². The van der Waals surface area contributed by atoms with E-state index in [4.69, 9.17) is 0 Å². The van der Waals surface area contributed by atoms with E-state index in [1.165, 1.54) is 30.5 Å². The summed E-state index contributed by atoms with van der Waals surface area (Å²) in [6.07, 6.45) is 8.16. The zero-order chi connectivity index (χ0) is 8.10. The van der Waals surface area contributed by atoms with Gasteiger partial charge in [0.1, 0.15) is 0 Å². The Balaban J connectivity index is 2.67. The van der Waals surface area contributed by atoms with Gasteiger partial charge in [-0.3, -0.25) is 0 Å². The summed E-state index contributed by atoms with van der Waals surface area (Å²) in [5.41, 5.74) is 2.84. The first kappa shape index (κ1) is 8.38. The van der Waals surface area contributed by atoms with E-state index < -0.39 is 0 Å². The fraction of sp³-hybridized carbons (Fsp3) is 0.600. The summed E-state index contributed by atoms with van der Waals surface area (Å²) < 4.78 is 0. The molecule has 0 fully saturated rings. The highest BCUT2D eigenvalue weighted by Gasteiger charge is 2.02. The lowest BCUT2D eigenvalue weighted by molar-refractivity contribution is 0.719. The molecule has 0 aromatic heterocycles. The highest BCUT2D eigenvalue weighted by molar-refractivity contribution is 5.23. The predicted octanol–water partition coefficient (Wildman–Crippen LogP) is 2.61. The van der Waals surface area contributed by atoms with Crippen molar-refractivity contribution < 1.29 is 0 Å². The molecule has 0 amide bonds. The zero-order valence-electron chi connectivity index (χ0n) is 7.48. The van der Waals surface area contributed by atoms with Crippen molar-refractivity contribution in [1.82, 2.24) is 5.32 Å². The van der Waals surface area contributed by atoms with Crippen molar-refractivity contribution in [3.05, 3.63) is 23.4 Å². The van der Waals surface area contributed by atoms with Crippen LogP contribution in [-0.4, -0.2) is 6.54 Å². The summed E-state index contributed by atoms with van der Waals surface area (Å²) in [5.74, 6) is 0. The lowest BCUT2D eigenvalue weighted by atomic mass is 10.1. The third kappa shape index (κ3) is 2.41. The van der Waals surface area contributed by atoms with Crippen LogP contribution in [0.3, 0.4) is 0 Å². The van der Waals surface area contributed by atoms with Crippen molar-refractivity contribution >= 4 is 0 Å². The largest absolute Gasteiger partial charge is 0.385 e. The van der Waals surface area contributed by atoms with E-state index >= 15 is 0 Å². The molecule has 0 radical (unpaired) electrons. The smallest absolute Gasteiger partial charge is 0.0325 e. The summed E-state index contributed by atoms with van der Waals surface area (Å²) in [5, 5.41) is 3.43. The Morgan fingerprint density at radius 3 is 2.91 bits per heavy atom. The SMILES string of the molecule is C/C=C\C1=C(C)CCCCN1. The molecule has 1 nitrogen and oxygen atoms in total. The lowest BCUT2D eigenvalue weighted by Gasteiger charge is -2.05.